The number of benzene rings is 3. The summed E-state index contributed by atoms with van der Waals surface area (Å²) in [6, 6.07) is 19.0. The Morgan fingerprint density at radius 3 is 2.35 bits per heavy atom. The van der Waals surface area contributed by atoms with E-state index in [0.29, 0.717) is 45.3 Å². The predicted molar refractivity (Wildman–Crippen MR) is 125 cm³/mol. The third-order valence-corrected chi connectivity index (χ3v) is 6.20. The van der Waals surface area contributed by atoms with Crippen LogP contribution in [-0.4, -0.2) is 38.7 Å². The first kappa shape index (κ1) is 21.5. The van der Waals surface area contributed by atoms with Crippen molar-refractivity contribution in [1.82, 2.24) is 0 Å². The van der Waals surface area contributed by atoms with E-state index in [9.17, 15) is 9.59 Å². The Balaban J connectivity index is 1.69. The maximum absolute atomic E-state index is 14.0. The van der Waals surface area contributed by atoms with E-state index in [4.69, 9.17) is 19.0 Å². The molecule has 0 saturated carbocycles. The molecule has 3 aromatic carbocycles. The zero-order valence-corrected chi connectivity index (χ0v) is 18.8. The van der Waals surface area contributed by atoms with Gasteiger partial charge in [0.15, 0.2) is 5.78 Å². The molecule has 0 aromatic heterocycles. The van der Waals surface area contributed by atoms with Gasteiger partial charge in [-0.1, -0.05) is 23.4 Å². The lowest BCUT2D eigenvalue weighted by atomic mass is 9.74. The number of nitrogens with one attached hydrogen (secondary N) is 1. The summed E-state index contributed by atoms with van der Waals surface area (Å²) in [4.78, 5) is 33.3. The second kappa shape index (κ2) is 8.22. The highest BCUT2D eigenvalue weighted by Crippen LogP contribution is 2.50. The van der Waals surface area contributed by atoms with E-state index < -0.39 is 17.4 Å². The minimum absolute atomic E-state index is 0.298. The van der Waals surface area contributed by atoms with Crippen LogP contribution in [0, 0.1) is 5.92 Å². The van der Waals surface area contributed by atoms with Crippen LogP contribution in [0.1, 0.15) is 21.5 Å². The monoisotopic (exact) mass is 458 g/mol. The van der Waals surface area contributed by atoms with E-state index in [2.05, 4.69) is 10.5 Å². The second-order valence-electron chi connectivity index (χ2n) is 7.90. The van der Waals surface area contributed by atoms with Crippen molar-refractivity contribution in [2.45, 2.75) is 5.60 Å². The SMILES string of the molecule is COc1ccc(C(=O)C2C(c3ccc(OC)cc3OC)=NOC23C(=O)Nc2ccccc23)cc1. The first-order valence-corrected chi connectivity index (χ1v) is 10.6. The summed E-state index contributed by atoms with van der Waals surface area (Å²) >= 11 is 0. The number of oxime groups is 1. The Morgan fingerprint density at radius 1 is 0.941 bits per heavy atom. The van der Waals surface area contributed by atoms with Gasteiger partial charge in [-0.25, -0.2) is 0 Å². The van der Waals surface area contributed by atoms with Gasteiger partial charge in [-0.15, -0.1) is 0 Å². The number of para-hydroxylation sites is 1. The van der Waals surface area contributed by atoms with Crippen molar-refractivity contribution in [2.75, 3.05) is 26.6 Å². The highest BCUT2D eigenvalue weighted by molar-refractivity contribution is 6.25. The molecule has 2 aliphatic rings. The molecule has 0 saturated heterocycles. The molecule has 1 spiro atoms. The number of hydrogen-bond donors (Lipinski definition) is 1. The number of methoxy groups -OCH3 is 3. The summed E-state index contributed by atoms with van der Waals surface area (Å²) in [6.45, 7) is 0. The number of rotatable bonds is 6. The molecular formula is C26H22N2O6. The fourth-order valence-corrected chi connectivity index (χ4v) is 4.50. The summed E-state index contributed by atoms with van der Waals surface area (Å²) in [5.41, 5.74) is 0.717. The van der Waals surface area contributed by atoms with E-state index >= 15 is 0 Å². The van der Waals surface area contributed by atoms with E-state index in [1.165, 1.54) is 7.11 Å². The molecule has 2 atom stereocenters. The van der Waals surface area contributed by atoms with Gasteiger partial charge in [-0.2, -0.15) is 0 Å². The maximum atomic E-state index is 14.0. The van der Waals surface area contributed by atoms with Crippen LogP contribution >= 0.6 is 0 Å². The number of Topliss-reactive ketones (excluding diaryl/α,β-unsaturated/α-hetero) is 1. The van der Waals surface area contributed by atoms with Gasteiger partial charge in [0.05, 0.1) is 21.3 Å². The van der Waals surface area contributed by atoms with Crippen LogP contribution in [0.15, 0.2) is 71.9 Å². The molecule has 1 N–H and O–H groups in total. The first-order chi connectivity index (χ1) is 16.5. The number of ether oxygens (including phenoxy) is 3. The van der Waals surface area contributed by atoms with Gasteiger partial charge in [-0.3, -0.25) is 9.59 Å². The molecule has 8 heteroatoms. The van der Waals surface area contributed by atoms with E-state index in [-0.39, 0.29) is 5.78 Å². The van der Waals surface area contributed by atoms with Crippen LogP contribution in [0.2, 0.25) is 0 Å². The summed E-state index contributed by atoms with van der Waals surface area (Å²) in [6.07, 6.45) is 0. The third-order valence-electron chi connectivity index (χ3n) is 6.20. The Kier molecular flexibility index (Phi) is 5.20. The van der Waals surface area contributed by atoms with Gasteiger partial charge in [0.25, 0.3) is 11.5 Å². The Hall–Kier alpha value is -4.33. The molecule has 5 rings (SSSR count). The number of fused-ring (bicyclic) bond motifs is 2. The average Bonchev–Trinajstić information content (AvgIpc) is 3.42. The van der Waals surface area contributed by atoms with Crippen molar-refractivity contribution in [2.24, 2.45) is 11.1 Å². The maximum Gasteiger partial charge on any atom is 0.277 e. The van der Waals surface area contributed by atoms with Gasteiger partial charge in [0, 0.05) is 28.4 Å². The van der Waals surface area contributed by atoms with Gasteiger partial charge in [0.1, 0.15) is 28.9 Å². The first-order valence-electron chi connectivity index (χ1n) is 10.6. The number of carbonyl (C=O) groups is 2. The van der Waals surface area contributed by atoms with Crippen LogP contribution < -0.4 is 19.5 Å². The molecule has 1 amide bonds. The van der Waals surface area contributed by atoms with E-state index in [1.807, 2.05) is 6.07 Å². The van der Waals surface area contributed by atoms with Crippen LogP contribution in [0.3, 0.4) is 0 Å². The zero-order valence-electron chi connectivity index (χ0n) is 18.8. The standard InChI is InChI=1S/C26H22N2O6/c1-31-16-10-8-15(9-11-16)24(29)22-23(18-13-12-17(32-2)14-21(18)33-3)28-34-26(22)19-6-4-5-7-20(19)27-25(26)30/h4-14,22H,1-3H3,(H,27,30). The Labute approximate surface area is 196 Å². The van der Waals surface area contributed by atoms with Crippen molar-refractivity contribution in [3.8, 4) is 17.2 Å². The van der Waals surface area contributed by atoms with Gasteiger partial charge in [-0.05, 0) is 42.5 Å². The molecule has 8 nitrogen and oxygen atoms in total. The quantitative estimate of drug-likeness (QED) is 0.565. The van der Waals surface area contributed by atoms with Crippen molar-refractivity contribution in [3.05, 3.63) is 83.4 Å². The van der Waals surface area contributed by atoms with E-state index in [0.717, 1.165) is 0 Å². The number of ketones is 1. The molecule has 2 aliphatic heterocycles. The van der Waals surface area contributed by atoms with Crippen LogP contribution in [0.25, 0.3) is 0 Å². The van der Waals surface area contributed by atoms with E-state index in [1.54, 1.807) is 74.9 Å². The Bertz CT molecular complexity index is 1320. The predicted octanol–water partition coefficient (Wildman–Crippen LogP) is 3.79. The second-order valence-corrected chi connectivity index (χ2v) is 7.90. The molecule has 0 aliphatic carbocycles. The number of nitrogens with zero attached hydrogens (tertiary/aromatic N) is 1. The lowest BCUT2D eigenvalue weighted by molar-refractivity contribution is -0.140. The molecule has 2 unspecified atom stereocenters. The van der Waals surface area contributed by atoms with Gasteiger partial charge in [0.2, 0.25) is 0 Å². The number of carbonyl (C=O) groups excluding carboxylic acids is 2. The molecular weight excluding hydrogens is 436 g/mol. The van der Waals surface area contributed by atoms with Crippen LogP contribution in [0.5, 0.6) is 17.2 Å². The minimum Gasteiger partial charge on any atom is -0.497 e. The molecule has 172 valence electrons. The molecule has 0 fully saturated rings. The minimum atomic E-state index is -1.64. The fourth-order valence-electron chi connectivity index (χ4n) is 4.50. The zero-order chi connectivity index (χ0) is 23.9. The van der Waals surface area contributed by atoms with Crippen molar-refractivity contribution < 1.29 is 28.6 Å². The molecule has 34 heavy (non-hydrogen) atoms. The number of hydrogen-bond acceptors (Lipinski definition) is 7. The summed E-state index contributed by atoms with van der Waals surface area (Å²) in [7, 11) is 4.62. The largest absolute Gasteiger partial charge is 0.497 e. The van der Waals surface area contributed by atoms with Crippen molar-refractivity contribution in [3.63, 3.8) is 0 Å². The summed E-state index contributed by atoms with van der Waals surface area (Å²) < 4.78 is 16.1. The highest BCUT2D eigenvalue weighted by atomic mass is 16.7. The summed E-state index contributed by atoms with van der Waals surface area (Å²) in [5, 5.41) is 7.15. The molecule has 2 heterocycles. The lowest BCUT2D eigenvalue weighted by Gasteiger charge is -2.27. The lowest BCUT2D eigenvalue weighted by Crippen LogP contribution is -2.46. The Morgan fingerprint density at radius 2 is 1.65 bits per heavy atom. The van der Waals surface area contributed by atoms with Crippen molar-refractivity contribution in [1.29, 1.82) is 0 Å². The van der Waals surface area contributed by atoms with Crippen molar-refractivity contribution >= 4 is 23.1 Å². The number of amides is 1. The number of anilines is 1. The van der Waals surface area contributed by atoms with Crippen LogP contribution in [-0.2, 0) is 15.2 Å². The van der Waals surface area contributed by atoms with Gasteiger partial charge < -0.3 is 24.4 Å². The third kappa shape index (κ3) is 3.10. The highest BCUT2D eigenvalue weighted by Gasteiger charge is 2.63. The molecule has 0 bridgehead atoms. The average molecular weight is 458 g/mol. The summed E-state index contributed by atoms with van der Waals surface area (Å²) in [5.74, 6) is -0.194. The molecule has 3 aromatic rings. The molecule has 0 radical (unpaired) electrons. The van der Waals surface area contributed by atoms with Gasteiger partial charge >= 0.3 is 0 Å². The van der Waals surface area contributed by atoms with Crippen LogP contribution in [0.4, 0.5) is 5.69 Å². The fraction of sp³-hybridized carbons (Fsp3) is 0.192. The normalized spacial score (nSPS) is 20.3. The smallest absolute Gasteiger partial charge is 0.277 e. The topological polar surface area (TPSA) is 95.5 Å².